The lowest BCUT2D eigenvalue weighted by molar-refractivity contribution is 0.109. The van der Waals surface area contributed by atoms with E-state index in [0.29, 0.717) is 5.92 Å². The Morgan fingerprint density at radius 3 is 2.38 bits per heavy atom. The van der Waals surface area contributed by atoms with Gasteiger partial charge < -0.3 is 20.1 Å². The van der Waals surface area contributed by atoms with Gasteiger partial charge in [-0.1, -0.05) is 13.8 Å². The number of nitrogens with zero attached hydrogens (tertiary/aromatic N) is 1. The van der Waals surface area contributed by atoms with Crippen LogP contribution >= 0.6 is 24.0 Å². The van der Waals surface area contributed by atoms with E-state index in [1.54, 1.807) is 0 Å². The second kappa shape index (κ2) is 18.0. The number of aliphatic imine (C=N–C) groups is 1. The summed E-state index contributed by atoms with van der Waals surface area (Å²) in [5, 5.41) is 6.55. The molecule has 6 heteroatoms. The van der Waals surface area contributed by atoms with Gasteiger partial charge in [0.15, 0.2) is 5.96 Å². The summed E-state index contributed by atoms with van der Waals surface area (Å²) in [4.78, 5) is 4.52. The topological polar surface area (TPSA) is 54.9 Å². The van der Waals surface area contributed by atoms with Crippen LogP contribution in [0, 0.1) is 5.92 Å². The van der Waals surface area contributed by atoms with Crippen molar-refractivity contribution < 1.29 is 9.47 Å². The van der Waals surface area contributed by atoms with Gasteiger partial charge in [-0.2, -0.15) is 0 Å². The predicted molar refractivity (Wildman–Crippen MR) is 101 cm³/mol. The highest BCUT2D eigenvalue weighted by molar-refractivity contribution is 14.0. The SMILES string of the molecule is CCNC(=NCCCOCC(C)C)NCCCOCC.I. The normalized spacial score (nSPS) is 11.4. The fourth-order valence-corrected chi connectivity index (χ4v) is 1.54. The number of hydrogen-bond donors (Lipinski definition) is 2. The lowest BCUT2D eigenvalue weighted by Gasteiger charge is -2.11. The highest BCUT2D eigenvalue weighted by atomic mass is 127. The minimum absolute atomic E-state index is 0. The summed E-state index contributed by atoms with van der Waals surface area (Å²) in [6.45, 7) is 14.2. The van der Waals surface area contributed by atoms with Crippen LogP contribution in [0.4, 0.5) is 0 Å². The summed E-state index contributed by atoms with van der Waals surface area (Å²) in [5.41, 5.74) is 0. The van der Waals surface area contributed by atoms with E-state index in [-0.39, 0.29) is 24.0 Å². The fourth-order valence-electron chi connectivity index (χ4n) is 1.54. The molecule has 0 bridgehead atoms. The van der Waals surface area contributed by atoms with E-state index >= 15 is 0 Å². The molecule has 0 unspecified atom stereocenters. The standard InChI is InChI=1S/C15H33N3O2.HI/c1-5-16-15(17-9-7-11-19-6-2)18-10-8-12-20-13-14(3)4;/h14H,5-13H2,1-4H3,(H2,16,17,18);1H. The van der Waals surface area contributed by atoms with Crippen LogP contribution in [0.15, 0.2) is 4.99 Å². The first kappa shape index (κ1) is 23.2. The van der Waals surface area contributed by atoms with Crippen molar-refractivity contribution in [3.8, 4) is 0 Å². The molecule has 0 radical (unpaired) electrons. The molecule has 128 valence electrons. The molecule has 21 heavy (non-hydrogen) atoms. The van der Waals surface area contributed by atoms with Gasteiger partial charge in [-0.3, -0.25) is 4.99 Å². The first-order chi connectivity index (χ1) is 9.70. The number of nitrogens with one attached hydrogen (secondary N) is 2. The molecule has 0 spiro atoms. The van der Waals surface area contributed by atoms with Crippen molar-refractivity contribution in [1.29, 1.82) is 0 Å². The molecule has 5 nitrogen and oxygen atoms in total. The van der Waals surface area contributed by atoms with Crippen molar-refractivity contribution in [2.75, 3.05) is 46.1 Å². The Bertz CT molecular complexity index is 239. The van der Waals surface area contributed by atoms with E-state index in [4.69, 9.17) is 9.47 Å². The zero-order valence-electron chi connectivity index (χ0n) is 14.1. The first-order valence-corrected chi connectivity index (χ1v) is 7.88. The summed E-state index contributed by atoms with van der Waals surface area (Å²) in [5.74, 6) is 1.48. The van der Waals surface area contributed by atoms with Crippen molar-refractivity contribution >= 4 is 29.9 Å². The summed E-state index contributed by atoms with van der Waals surface area (Å²) >= 11 is 0. The van der Waals surface area contributed by atoms with Crippen LogP contribution in [0.25, 0.3) is 0 Å². The molecule has 0 heterocycles. The molecule has 0 aliphatic heterocycles. The van der Waals surface area contributed by atoms with Crippen LogP contribution in [0.5, 0.6) is 0 Å². The van der Waals surface area contributed by atoms with E-state index < -0.39 is 0 Å². The number of rotatable bonds is 12. The molecule has 0 aliphatic carbocycles. The molecule has 0 saturated carbocycles. The minimum atomic E-state index is 0. The number of ether oxygens (including phenoxy) is 2. The maximum atomic E-state index is 5.54. The predicted octanol–water partition coefficient (Wildman–Crippen LogP) is 2.65. The molecule has 0 aromatic rings. The molecule has 0 fully saturated rings. The van der Waals surface area contributed by atoms with E-state index in [1.807, 2.05) is 6.92 Å². The van der Waals surface area contributed by atoms with E-state index in [0.717, 1.165) is 64.9 Å². The summed E-state index contributed by atoms with van der Waals surface area (Å²) < 4.78 is 10.8. The Kier molecular flexibility index (Phi) is 19.8. The Morgan fingerprint density at radius 1 is 1.05 bits per heavy atom. The molecular formula is C15H34IN3O2. The molecule has 0 aliphatic rings. The lowest BCUT2D eigenvalue weighted by Crippen LogP contribution is -2.38. The van der Waals surface area contributed by atoms with Crippen LogP contribution in [-0.2, 0) is 9.47 Å². The quantitative estimate of drug-likeness (QED) is 0.223. The molecule has 0 aromatic carbocycles. The van der Waals surface area contributed by atoms with E-state index in [9.17, 15) is 0 Å². The highest BCUT2D eigenvalue weighted by Crippen LogP contribution is 1.93. The van der Waals surface area contributed by atoms with Gasteiger partial charge >= 0.3 is 0 Å². The molecule has 0 amide bonds. The van der Waals surface area contributed by atoms with Gasteiger partial charge in [0, 0.05) is 46.1 Å². The van der Waals surface area contributed by atoms with Crippen LogP contribution in [0.3, 0.4) is 0 Å². The Balaban J connectivity index is 0. The van der Waals surface area contributed by atoms with Crippen molar-refractivity contribution in [3.63, 3.8) is 0 Å². The van der Waals surface area contributed by atoms with Crippen LogP contribution in [0.1, 0.15) is 40.5 Å². The van der Waals surface area contributed by atoms with Crippen molar-refractivity contribution in [2.45, 2.75) is 40.5 Å². The maximum absolute atomic E-state index is 5.54. The van der Waals surface area contributed by atoms with Crippen LogP contribution in [-0.4, -0.2) is 52.0 Å². The fraction of sp³-hybridized carbons (Fsp3) is 0.933. The largest absolute Gasteiger partial charge is 0.382 e. The monoisotopic (exact) mass is 415 g/mol. The average Bonchev–Trinajstić information content (AvgIpc) is 2.41. The van der Waals surface area contributed by atoms with Gasteiger partial charge in [0.2, 0.25) is 0 Å². The zero-order chi connectivity index (χ0) is 15.1. The Hall–Kier alpha value is -0.0800. The summed E-state index contributed by atoms with van der Waals surface area (Å²) in [6, 6.07) is 0. The van der Waals surface area contributed by atoms with Gasteiger partial charge in [0.1, 0.15) is 0 Å². The molecule has 0 saturated heterocycles. The second-order valence-electron chi connectivity index (χ2n) is 5.06. The second-order valence-corrected chi connectivity index (χ2v) is 5.06. The van der Waals surface area contributed by atoms with Gasteiger partial charge in [-0.15, -0.1) is 24.0 Å². The Morgan fingerprint density at radius 2 is 1.76 bits per heavy atom. The van der Waals surface area contributed by atoms with Crippen LogP contribution < -0.4 is 10.6 Å². The van der Waals surface area contributed by atoms with Crippen molar-refractivity contribution in [1.82, 2.24) is 10.6 Å². The maximum Gasteiger partial charge on any atom is 0.191 e. The molecular weight excluding hydrogens is 381 g/mol. The third kappa shape index (κ3) is 17.9. The zero-order valence-corrected chi connectivity index (χ0v) is 16.4. The third-order valence-electron chi connectivity index (χ3n) is 2.47. The summed E-state index contributed by atoms with van der Waals surface area (Å²) in [6.07, 6.45) is 1.96. The molecule has 0 rings (SSSR count). The molecule has 0 aromatic heterocycles. The van der Waals surface area contributed by atoms with Crippen LogP contribution in [0.2, 0.25) is 0 Å². The highest BCUT2D eigenvalue weighted by Gasteiger charge is 1.97. The summed E-state index contributed by atoms with van der Waals surface area (Å²) in [7, 11) is 0. The molecule has 2 N–H and O–H groups in total. The van der Waals surface area contributed by atoms with Gasteiger partial charge in [-0.05, 0) is 32.6 Å². The average molecular weight is 415 g/mol. The smallest absolute Gasteiger partial charge is 0.191 e. The third-order valence-corrected chi connectivity index (χ3v) is 2.47. The Labute approximate surface area is 147 Å². The van der Waals surface area contributed by atoms with Gasteiger partial charge in [0.05, 0.1) is 0 Å². The van der Waals surface area contributed by atoms with E-state index in [2.05, 4.69) is 36.4 Å². The number of hydrogen-bond acceptors (Lipinski definition) is 3. The number of halogens is 1. The number of guanidine groups is 1. The van der Waals surface area contributed by atoms with Crippen molar-refractivity contribution in [3.05, 3.63) is 0 Å². The molecule has 0 atom stereocenters. The van der Waals surface area contributed by atoms with Crippen molar-refractivity contribution in [2.24, 2.45) is 10.9 Å². The first-order valence-electron chi connectivity index (χ1n) is 7.88. The minimum Gasteiger partial charge on any atom is -0.382 e. The lowest BCUT2D eigenvalue weighted by atomic mass is 10.2. The van der Waals surface area contributed by atoms with E-state index in [1.165, 1.54) is 0 Å². The van der Waals surface area contributed by atoms with Gasteiger partial charge in [-0.25, -0.2) is 0 Å². The van der Waals surface area contributed by atoms with Gasteiger partial charge in [0.25, 0.3) is 0 Å².